The Balaban J connectivity index is -0.000000500. The molecule has 0 bridgehead atoms. The van der Waals surface area contributed by atoms with Crippen LogP contribution in [0.25, 0.3) is 0 Å². The Kier molecular flexibility index (Phi) is 18.2. The Morgan fingerprint density at radius 2 is 1.33 bits per heavy atom. The molecule has 0 fully saturated rings. The van der Waals surface area contributed by atoms with Gasteiger partial charge in [0, 0.05) is 14.2 Å². The zero-order chi connectivity index (χ0) is 8.36. The van der Waals surface area contributed by atoms with Crippen LogP contribution in [0.4, 0.5) is 0 Å². The minimum absolute atomic E-state index is 0. The summed E-state index contributed by atoms with van der Waals surface area (Å²) in [6.45, 7) is 2.01. The molecule has 0 aliphatic rings. The summed E-state index contributed by atoms with van der Waals surface area (Å²) in [5.74, 6) is 0. The van der Waals surface area contributed by atoms with Gasteiger partial charge in [-0.25, -0.2) is 0 Å². The topological polar surface area (TPSA) is 49.0 Å². The van der Waals surface area contributed by atoms with Crippen LogP contribution >= 0.6 is 0 Å². The van der Waals surface area contributed by atoms with Crippen LogP contribution in [0.1, 0.15) is 1.43 Å². The number of methoxy groups -OCH3 is 2. The molecule has 6 heteroatoms. The van der Waals surface area contributed by atoms with E-state index in [1.54, 1.807) is 14.2 Å². The molecular formula is C6H16NNaO4+2. The average Bonchev–Trinajstić information content (AvgIpc) is 2.03. The minimum Gasteiger partial charge on any atom is -0.382 e. The minimum atomic E-state index is 0. The smallest absolute Gasteiger partial charge is 0.382 e. The quantitative estimate of drug-likeness (QED) is 0.248. The molecule has 1 N–H and O–H groups in total. The third kappa shape index (κ3) is 13.4. The van der Waals surface area contributed by atoms with E-state index < -0.39 is 0 Å². The van der Waals surface area contributed by atoms with Crippen LogP contribution in [0.3, 0.4) is 0 Å². The predicted octanol–water partition coefficient (Wildman–Crippen LogP) is -3.15. The van der Waals surface area contributed by atoms with E-state index >= 15 is 0 Å². The zero-order valence-corrected chi connectivity index (χ0v) is 9.96. The molecule has 68 valence electrons. The summed E-state index contributed by atoms with van der Waals surface area (Å²) in [5, 5.41) is 0. The number of nitrogens with one attached hydrogen (secondary N) is 1. The number of rotatable bonds is 8. The first-order valence-electron chi connectivity index (χ1n) is 3.38. The van der Waals surface area contributed by atoms with E-state index in [9.17, 15) is 0 Å². The van der Waals surface area contributed by atoms with Crippen molar-refractivity contribution in [1.82, 2.24) is 5.64 Å². The maximum absolute atomic E-state index is 4.77. The molecule has 0 spiro atoms. The van der Waals surface area contributed by atoms with E-state index in [1.165, 1.54) is 0 Å². The molecule has 0 amide bonds. The summed E-state index contributed by atoms with van der Waals surface area (Å²) in [5.41, 5.74) is 2.30. The first kappa shape index (κ1) is 15.3. The van der Waals surface area contributed by atoms with Crippen LogP contribution < -0.4 is 35.2 Å². The van der Waals surface area contributed by atoms with E-state index in [1.807, 2.05) is 0 Å². The van der Waals surface area contributed by atoms with Gasteiger partial charge in [0.1, 0.15) is 0 Å². The van der Waals surface area contributed by atoms with E-state index in [-0.39, 0.29) is 31.0 Å². The molecule has 5 nitrogen and oxygen atoms in total. The van der Waals surface area contributed by atoms with Crippen molar-refractivity contribution in [3.8, 4) is 0 Å². The molecule has 0 aliphatic heterocycles. The predicted molar refractivity (Wildman–Crippen MR) is 39.9 cm³/mol. The molecule has 0 radical (unpaired) electrons. The molecule has 0 rings (SSSR count). The van der Waals surface area contributed by atoms with Crippen molar-refractivity contribution in [2.45, 2.75) is 0 Å². The summed E-state index contributed by atoms with van der Waals surface area (Å²) in [7, 11) is 3.21. The number of ether oxygens (including phenoxy) is 2. The van der Waals surface area contributed by atoms with Crippen LogP contribution in [0.5, 0.6) is 0 Å². The normalized spacial score (nSPS) is 9.50. The summed E-state index contributed by atoms with van der Waals surface area (Å²) >= 11 is 0. The van der Waals surface area contributed by atoms with Crippen LogP contribution in [-0.2, 0) is 19.1 Å². The van der Waals surface area contributed by atoms with Crippen LogP contribution in [-0.4, -0.2) is 40.6 Å². The van der Waals surface area contributed by atoms with E-state index in [2.05, 4.69) is 5.64 Å². The van der Waals surface area contributed by atoms with Gasteiger partial charge in [0.15, 0.2) is 0 Å². The van der Waals surface area contributed by atoms with E-state index in [0.717, 1.165) is 0 Å². The molecule has 0 atom stereocenters. The van der Waals surface area contributed by atoms with Gasteiger partial charge in [-0.15, -0.1) is 0 Å². The third-order valence-electron chi connectivity index (χ3n) is 0.897. The van der Waals surface area contributed by atoms with Gasteiger partial charge in [-0.3, -0.25) is 9.68 Å². The second-order valence-corrected chi connectivity index (χ2v) is 1.77. The van der Waals surface area contributed by atoms with Gasteiger partial charge in [-0.05, 0) is 0 Å². The van der Waals surface area contributed by atoms with Gasteiger partial charge in [0.05, 0.1) is 26.4 Å². The molecule has 12 heavy (non-hydrogen) atoms. The zero-order valence-electron chi connectivity index (χ0n) is 8.96. The summed E-state index contributed by atoms with van der Waals surface area (Å²) < 4.78 is 9.45. The molecule has 0 aromatic rings. The standard InChI is InChI=1S/C6H15NO4.Na/c1-8-3-5-10-7-11-6-4-9-2;/h7H,3-6H2,1-2H3;/q;+1/p+1. The monoisotopic (exact) mass is 189 g/mol. The van der Waals surface area contributed by atoms with Crippen molar-refractivity contribution in [2.75, 3.05) is 40.6 Å². The Bertz CT molecular complexity index is 73.7. The van der Waals surface area contributed by atoms with Crippen LogP contribution in [0, 0.1) is 0 Å². The van der Waals surface area contributed by atoms with Crippen molar-refractivity contribution >= 4 is 0 Å². The number of hydrogen-bond donors (Lipinski definition) is 1. The second kappa shape index (κ2) is 14.3. The van der Waals surface area contributed by atoms with Crippen molar-refractivity contribution in [2.24, 2.45) is 0 Å². The first-order chi connectivity index (χ1) is 5.41. The first-order valence-corrected chi connectivity index (χ1v) is 3.38. The fraction of sp³-hybridized carbons (Fsp3) is 1.00. The Morgan fingerprint density at radius 1 is 0.917 bits per heavy atom. The second-order valence-electron chi connectivity index (χ2n) is 1.77. The van der Waals surface area contributed by atoms with Gasteiger partial charge in [-0.1, -0.05) is 5.64 Å². The van der Waals surface area contributed by atoms with Crippen molar-refractivity contribution in [3.05, 3.63) is 0 Å². The number of hydrogen-bond acceptors (Lipinski definition) is 5. The van der Waals surface area contributed by atoms with E-state index in [4.69, 9.17) is 19.1 Å². The van der Waals surface area contributed by atoms with Gasteiger partial charge in [0.2, 0.25) is 0 Å². The van der Waals surface area contributed by atoms with Crippen molar-refractivity contribution in [3.63, 3.8) is 0 Å². The fourth-order valence-corrected chi connectivity index (χ4v) is 0.375. The van der Waals surface area contributed by atoms with Crippen molar-refractivity contribution < 1.29 is 50.1 Å². The maximum atomic E-state index is 4.77. The summed E-state index contributed by atoms with van der Waals surface area (Å²) in [6, 6.07) is 0. The maximum Gasteiger partial charge on any atom is 1.00 e. The van der Waals surface area contributed by atoms with Gasteiger partial charge in [-0.2, -0.15) is 0 Å². The SMILES string of the molecule is COCCONOCCOC.[H+].[Na+]. The molecule has 0 heterocycles. The average molecular weight is 189 g/mol. The van der Waals surface area contributed by atoms with Gasteiger partial charge >= 0.3 is 31.0 Å². The van der Waals surface area contributed by atoms with Crippen molar-refractivity contribution in [1.29, 1.82) is 0 Å². The molecule has 0 saturated heterocycles. The summed E-state index contributed by atoms with van der Waals surface area (Å²) in [6.07, 6.45) is 0. The Morgan fingerprint density at radius 3 is 1.67 bits per heavy atom. The van der Waals surface area contributed by atoms with Crippen LogP contribution in [0.15, 0.2) is 0 Å². The van der Waals surface area contributed by atoms with Gasteiger partial charge < -0.3 is 9.47 Å². The largest absolute Gasteiger partial charge is 1.00 e. The Hall–Kier alpha value is 0.800. The van der Waals surface area contributed by atoms with E-state index in [0.29, 0.717) is 26.4 Å². The molecule has 0 saturated carbocycles. The molecule has 0 aromatic heterocycles. The van der Waals surface area contributed by atoms with Crippen LogP contribution in [0.2, 0.25) is 0 Å². The molecule has 0 unspecified atom stereocenters. The molecular weight excluding hydrogens is 173 g/mol. The summed E-state index contributed by atoms with van der Waals surface area (Å²) in [4.78, 5) is 9.54. The third-order valence-corrected chi connectivity index (χ3v) is 0.897. The van der Waals surface area contributed by atoms with Gasteiger partial charge in [0.25, 0.3) is 0 Å². The molecule has 0 aromatic carbocycles. The fourth-order valence-electron chi connectivity index (χ4n) is 0.375. The molecule has 0 aliphatic carbocycles. The Labute approximate surface area is 96.4 Å².